The molecule has 0 heterocycles. The number of anilines is 1. The molecule has 0 atom stereocenters. The number of amides is 1. The molecular formula is C23H21ClIN3O4S. The Bertz CT molecular complexity index is 1270. The van der Waals surface area contributed by atoms with Crippen LogP contribution in [0, 0.1) is 3.57 Å². The van der Waals surface area contributed by atoms with Crippen LogP contribution in [0.4, 0.5) is 5.69 Å². The van der Waals surface area contributed by atoms with Gasteiger partial charge in [0.2, 0.25) is 0 Å². The van der Waals surface area contributed by atoms with Crippen molar-refractivity contribution in [2.45, 2.75) is 11.8 Å². The third-order valence-electron chi connectivity index (χ3n) is 4.64. The van der Waals surface area contributed by atoms with Gasteiger partial charge in [-0.05, 0) is 77.5 Å². The van der Waals surface area contributed by atoms with Gasteiger partial charge in [-0.3, -0.25) is 9.10 Å². The van der Waals surface area contributed by atoms with Gasteiger partial charge in [0.25, 0.3) is 15.9 Å². The molecular weight excluding hydrogens is 577 g/mol. The minimum atomic E-state index is -4.11. The van der Waals surface area contributed by atoms with E-state index < -0.39 is 22.5 Å². The fraction of sp³-hybridized carbons (Fsp3) is 0.130. The van der Waals surface area contributed by atoms with Gasteiger partial charge in [0.15, 0.2) is 0 Å². The highest BCUT2D eigenvalue weighted by Gasteiger charge is 2.29. The van der Waals surface area contributed by atoms with Crippen LogP contribution in [-0.4, -0.2) is 33.7 Å². The first-order chi connectivity index (χ1) is 15.7. The standard InChI is InChI=1S/C23H21ClIN3O4S/c1-16(17-8-11-19(25)12-9-17)26-27-23(29)15-28(21-14-18(24)10-13-22(21)32-2)33(30,31)20-6-4-3-5-7-20/h3-14H,15H2,1-2H3,(H,27,29)/b26-16-. The number of nitrogens with zero attached hydrogens (tertiary/aromatic N) is 2. The molecule has 0 saturated heterocycles. The number of hydrogen-bond donors (Lipinski definition) is 1. The molecule has 0 radical (unpaired) electrons. The topological polar surface area (TPSA) is 88.1 Å². The first kappa shape index (κ1) is 25.0. The van der Waals surface area contributed by atoms with Crippen molar-refractivity contribution < 1.29 is 17.9 Å². The van der Waals surface area contributed by atoms with Crippen molar-refractivity contribution >= 4 is 61.5 Å². The summed E-state index contributed by atoms with van der Waals surface area (Å²) >= 11 is 8.33. The van der Waals surface area contributed by atoms with E-state index in [1.54, 1.807) is 37.3 Å². The molecule has 0 saturated carbocycles. The van der Waals surface area contributed by atoms with Gasteiger partial charge >= 0.3 is 0 Å². The molecule has 1 amide bonds. The van der Waals surface area contributed by atoms with E-state index in [4.69, 9.17) is 16.3 Å². The van der Waals surface area contributed by atoms with Crippen molar-refractivity contribution in [2.75, 3.05) is 18.0 Å². The van der Waals surface area contributed by atoms with Gasteiger partial charge in [0.05, 0.1) is 23.4 Å². The Kier molecular flexibility index (Phi) is 8.33. The number of rotatable bonds is 8. The maximum Gasteiger partial charge on any atom is 0.264 e. The summed E-state index contributed by atoms with van der Waals surface area (Å²) in [6.07, 6.45) is 0. The average Bonchev–Trinajstić information content (AvgIpc) is 2.82. The Labute approximate surface area is 211 Å². The highest BCUT2D eigenvalue weighted by atomic mass is 127. The van der Waals surface area contributed by atoms with Crippen LogP contribution < -0.4 is 14.5 Å². The lowest BCUT2D eigenvalue weighted by atomic mass is 10.1. The largest absolute Gasteiger partial charge is 0.495 e. The molecule has 3 rings (SSSR count). The highest BCUT2D eigenvalue weighted by molar-refractivity contribution is 14.1. The lowest BCUT2D eigenvalue weighted by Gasteiger charge is -2.25. The summed E-state index contributed by atoms with van der Waals surface area (Å²) in [5.41, 5.74) is 4.00. The van der Waals surface area contributed by atoms with E-state index in [2.05, 4.69) is 33.1 Å². The van der Waals surface area contributed by atoms with Crippen molar-refractivity contribution in [1.29, 1.82) is 0 Å². The Morgan fingerprint density at radius 3 is 2.39 bits per heavy atom. The molecule has 3 aromatic carbocycles. The fourth-order valence-electron chi connectivity index (χ4n) is 2.94. The second-order valence-electron chi connectivity index (χ2n) is 6.88. The van der Waals surface area contributed by atoms with Gasteiger partial charge in [0, 0.05) is 8.59 Å². The summed E-state index contributed by atoms with van der Waals surface area (Å²) in [7, 11) is -2.70. The molecule has 0 spiro atoms. The number of hydrogen-bond acceptors (Lipinski definition) is 5. The second kappa shape index (κ2) is 11.0. The van der Waals surface area contributed by atoms with E-state index in [0.29, 0.717) is 10.7 Å². The zero-order valence-corrected chi connectivity index (χ0v) is 21.6. The molecule has 3 aromatic rings. The van der Waals surface area contributed by atoms with Gasteiger partial charge in [-0.2, -0.15) is 5.10 Å². The van der Waals surface area contributed by atoms with Gasteiger partial charge in [-0.25, -0.2) is 13.8 Å². The lowest BCUT2D eigenvalue weighted by molar-refractivity contribution is -0.119. The third kappa shape index (κ3) is 6.24. The second-order valence-corrected chi connectivity index (χ2v) is 10.4. The average molecular weight is 598 g/mol. The molecule has 172 valence electrons. The Morgan fingerprint density at radius 2 is 1.76 bits per heavy atom. The Morgan fingerprint density at radius 1 is 1.09 bits per heavy atom. The van der Waals surface area contributed by atoms with Gasteiger partial charge < -0.3 is 4.74 Å². The zero-order valence-electron chi connectivity index (χ0n) is 17.8. The van der Waals surface area contributed by atoms with E-state index in [1.165, 1.54) is 25.3 Å². The maximum atomic E-state index is 13.5. The lowest BCUT2D eigenvalue weighted by Crippen LogP contribution is -2.40. The molecule has 0 bridgehead atoms. The first-order valence-corrected chi connectivity index (χ1v) is 12.6. The molecule has 0 aliphatic carbocycles. The van der Waals surface area contributed by atoms with Crippen LogP contribution in [0.1, 0.15) is 12.5 Å². The number of carbonyl (C=O) groups excluding carboxylic acids is 1. The summed E-state index contributed by atoms with van der Waals surface area (Å²) in [5, 5.41) is 4.42. The van der Waals surface area contributed by atoms with Crippen molar-refractivity contribution in [3.8, 4) is 5.75 Å². The van der Waals surface area contributed by atoms with Gasteiger partial charge in [-0.15, -0.1) is 0 Å². The van der Waals surface area contributed by atoms with Crippen LogP contribution in [0.15, 0.2) is 82.8 Å². The number of methoxy groups -OCH3 is 1. The van der Waals surface area contributed by atoms with Crippen LogP contribution in [0.3, 0.4) is 0 Å². The van der Waals surface area contributed by atoms with Crippen LogP contribution in [0.5, 0.6) is 5.75 Å². The normalized spacial score (nSPS) is 11.7. The molecule has 0 aromatic heterocycles. The first-order valence-electron chi connectivity index (χ1n) is 9.73. The van der Waals surface area contributed by atoms with Gasteiger partial charge in [0.1, 0.15) is 12.3 Å². The van der Waals surface area contributed by atoms with E-state index in [9.17, 15) is 13.2 Å². The minimum Gasteiger partial charge on any atom is -0.495 e. The van der Waals surface area contributed by atoms with Crippen molar-refractivity contribution in [2.24, 2.45) is 5.10 Å². The SMILES string of the molecule is COc1ccc(Cl)cc1N(CC(=O)N/N=C(/C)c1ccc(I)cc1)S(=O)(=O)c1ccccc1. The Balaban J connectivity index is 1.93. The fourth-order valence-corrected chi connectivity index (χ4v) is 4.92. The van der Waals surface area contributed by atoms with E-state index >= 15 is 0 Å². The molecule has 0 unspecified atom stereocenters. The predicted molar refractivity (Wildman–Crippen MR) is 138 cm³/mol. The number of hydrazone groups is 1. The summed E-state index contributed by atoms with van der Waals surface area (Å²) in [6, 6.07) is 20.0. The number of halogens is 2. The third-order valence-corrected chi connectivity index (χ3v) is 7.37. The minimum absolute atomic E-state index is 0.0263. The summed E-state index contributed by atoms with van der Waals surface area (Å²) in [4.78, 5) is 12.8. The van der Waals surface area contributed by atoms with Crippen LogP contribution in [0.25, 0.3) is 0 Å². The van der Waals surface area contributed by atoms with Crippen molar-refractivity contribution in [3.63, 3.8) is 0 Å². The molecule has 0 aliphatic rings. The molecule has 7 nitrogen and oxygen atoms in total. The zero-order chi connectivity index (χ0) is 24.0. The van der Waals surface area contributed by atoms with Crippen molar-refractivity contribution in [3.05, 3.63) is 87.0 Å². The van der Waals surface area contributed by atoms with Gasteiger partial charge in [-0.1, -0.05) is 41.9 Å². The quantitative estimate of drug-likeness (QED) is 0.232. The highest BCUT2D eigenvalue weighted by Crippen LogP contribution is 2.34. The molecule has 33 heavy (non-hydrogen) atoms. The smallest absolute Gasteiger partial charge is 0.264 e. The number of ether oxygens (including phenoxy) is 1. The van der Waals surface area contributed by atoms with Crippen molar-refractivity contribution in [1.82, 2.24) is 5.43 Å². The summed E-state index contributed by atoms with van der Waals surface area (Å²) in [6.45, 7) is 1.22. The van der Waals surface area contributed by atoms with E-state index in [1.807, 2.05) is 24.3 Å². The van der Waals surface area contributed by atoms with E-state index in [0.717, 1.165) is 13.4 Å². The molecule has 0 aliphatic heterocycles. The molecule has 1 N–H and O–H groups in total. The number of carbonyl (C=O) groups is 1. The number of benzene rings is 3. The summed E-state index contributed by atoms with van der Waals surface area (Å²) in [5.74, 6) is -0.369. The van der Waals surface area contributed by atoms with Crippen LogP contribution >= 0.6 is 34.2 Å². The molecule has 10 heteroatoms. The number of nitrogens with one attached hydrogen (secondary N) is 1. The monoisotopic (exact) mass is 597 g/mol. The summed E-state index contributed by atoms with van der Waals surface area (Å²) < 4.78 is 34.3. The molecule has 0 fully saturated rings. The van der Waals surface area contributed by atoms with Crippen LogP contribution in [0.2, 0.25) is 5.02 Å². The number of sulfonamides is 1. The van der Waals surface area contributed by atoms with Crippen LogP contribution in [-0.2, 0) is 14.8 Å². The predicted octanol–water partition coefficient (Wildman–Crippen LogP) is 4.69. The maximum absolute atomic E-state index is 13.5. The Hall–Kier alpha value is -2.63. The van der Waals surface area contributed by atoms with E-state index in [-0.39, 0.29) is 16.3 Å².